The first kappa shape index (κ1) is 20.1. The summed E-state index contributed by atoms with van der Waals surface area (Å²) >= 11 is 5.42. The Hall–Kier alpha value is -2.20. The molecule has 0 saturated carbocycles. The van der Waals surface area contributed by atoms with E-state index in [0.29, 0.717) is 5.56 Å². The van der Waals surface area contributed by atoms with Crippen molar-refractivity contribution in [2.45, 2.75) is 25.4 Å². The molecule has 0 fully saturated rings. The number of carbonyl (C=O) groups is 1. The van der Waals surface area contributed by atoms with E-state index in [4.69, 9.17) is 11.6 Å². The van der Waals surface area contributed by atoms with Gasteiger partial charge in [-0.3, -0.25) is 9.53 Å². The van der Waals surface area contributed by atoms with Crippen LogP contribution in [0.3, 0.4) is 0 Å². The Bertz CT molecular complexity index is 765. The Morgan fingerprint density at radius 3 is 2.54 bits per heavy atom. The number of rotatable bonds is 6. The highest BCUT2D eigenvalue weighted by Crippen LogP contribution is 2.41. The number of alkyl halides is 6. The number of hydrogen-bond acceptors (Lipinski definition) is 3. The van der Waals surface area contributed by atoms with E-state index in [1.54, 1.807) is 0 Å². The fraction of sp³-hybridized carbons (Fsp3) is 0.333. The van der Waals surface area contributed by atoms with E-state index in [0.717, 1.165) is 10.9 Å². The van der Waals surface area contributed by atoms with E-state index in [1.165, 1.54) is 37.4 Å². The largest absolute Gasteiger partial charge is 0.483 e. The lowest BCUT2D eigenvalue weighted by molar-refractivity contribution is -0.406. The van der Waals surface area contributed by atoms with Gasteiger partial charge in [-0.25, -0.2) is 4.68 Å². The lowest BCUT2D eigenvalue weighted by atomic mass is 10.1. The van der Waals surface area contributed by atoms with Crippen LogP contribution in [0.5, 0.6) is 0 Å². The average Bonchev–Trinajstić information content (AvgIpc) is 3.07. The Morgan fingerprint density at radius 2 is 2.00 bits per heavy atom. The molecule has 0 aliphatic rings. The number of benzene rings is 1. The van der Waals surface area contributed by atoms with Gasteiger partial charge in [-0.05, 0) is 18.6 Å². The van der Waals surface area contributed by atoms with Crippen LogP contribution in [0.4, 0.5) is 27.6 Å². The van der Waals surface area contributed by atoms with Gasteiger partial charge in [-0.15, -0.1) is 11.6 Å². The molecule has 142 valence electrons. The zero-order valence-electron chi connectivity index (χ0n) is 13.2. The lowest BCUT2D eigenvalue weighted by Crippen LogP contribution is -2.41. The number of nitrogens with one attached hydrogen (secondary N) is 1. The van der Waals surface area contributed by atoms with Gasteiger partial charge >= 0.3 is 12.3 Å². The van der Waals surface area contributed by atoms with Crippen molar-refractivity contribution in [2.24, 2.45) is 0 Å². The van der Waals surface area contributed by atoms with Crippen molar-refractivity contribution < 1.29 is 31.5 Å². The maximum atomic E-state index is 13.5. The quantitative estimate of drug-likeness (QED) is 0.590. The van der Waals surface area contributed by atoms with Crippen LogP contribution in [0, 0.1) is 6.92 Å². The summed E-state index contributed by atoms with van der Waals surface area (Å²) in [6.07, 6.45) is -11.0. The second-order valence-corrected chi connectivity index (χ2v) is 5.46. The van der Waals surface area contributed by atoms with Crippen LogP contribution >= 0.6 is 11.6 Å². The molecular weight excluding hydrogens is 385 g/mol. The number of anilines is 1. The van der Waals surface area contributed by atoms with E-state index in [2.05, 4.69) is 15.2 Å². The van der Waals surface area contributed by atoms with Gasteiger partial charge in [-0.1, -0.05) is 18.2 Å². The third-order valence-electron chi connectivity index (χ3n) is 3.31. The molecule has 0 radical (unpaired) electrons. The third-order valence-corrected chi connectivity index (χ3v) is 3.55. The van der Waals surface area contributed by atoms with E-state index >= 15 is 0 Å². The number of halogens is 6. The van der Waals surface area contributed by atoms with Crippen LogP contribution in [0.15, 0.2) is 36.7 Å². The van der Waals surface area contributed by atoms with Gasteiger partial charge in [0, 0.05) is 18.0 Å². The summed E-state index contributed by atoms with van der Waals surface area (Å²) in [7, 11) is 0. The highest BCUT2D eigenvalue weighted by molar-refractivity contribution is 6.29. The molecule has 1 aromatic heterocycles. The predicted octanol–water partition coefficient (Wildman–Crippen LogP) is 4.09. The number of para-hydroxylation sites is 1. The van der Waals surface area contributed by atoms with Gasteiger partial charge in [0.15, 0.2) is 6.23 Å². The number of amides is 1. The molecule has 1 atom stereocenters. The highest BCUT2D eigenvalue weighted by atomic mass is 35.5. The molecule has 11 heteroatoms. The summed E-state index contributed by atoms with van der Waals surface area (Å²) in [5.41, 5.74) is 0.282. The topological polar surface area (TPSA) is 56.1 Å². The first-order valence-corrected chi connectivity index (χ1v) is 7.67. The van der Waals surface area contributed by atoms with Crippen molar-refractivity contribution in [3.63, 3.8) is 0 Å². The number of aryl methyl sites for hydroxylation is 1. The minimum Gasteiger partial charge on any atom is -0.324 e. The van der Waals surface area contributed by atoms with Crippen molar-refractivity contribution in [3.05, 3.63) is 47.8 Å². The first-order valence-electron chi connectivity index (χ1n) is 7.13. The molecule has 0 saturated heterocycles. The molecule has 0 bridgehead atoms. The molecule has 1 amide bonds. The number of nitrogens with zero attached hydrogens (tertiary/aromatic N) is 2. The summed E-state index contributed by atoms with van der Waals surface area (Å²) in [5.74, 6) is -1.09. The summed E-state index contributed by atoms with van der Waals surface area (Å²) in [5, 5.41) is 6.06. The van der Waals surface area contributed by atoms with Gasteiger partial charge < -0.3 is 5.32 Å². The Kier molecular flexibility index (Phi) is 5.87. The molecule has 2 rings (SSSR count). The van der Waals surface area contributed by atoms with E-state index in [1.807, 2.05) is 0 Å². The number of carbonyl (C=O) groups excluding carboxylic acids is 1. The summed E-state index contributed by atoms with van der Waals surface area (Å²) in [4.78, 5) is 11.6. The van der Waals surface area contributed by atoms with Gasteiger partial charge in [0.25, 0.3) is 0 Å². The van der Waals surface area contributed by atoms with Crippen LogP contribution in [-0.2, 0) is 9.53 Å². The maximum Gasteiger partial charge on any atom is 0.483 e. The second-order valence-electron chi connectivity index (χ2n) is 5.19. The minimum absolute atomic E-state index is 0.0108. The van der Waals surface area contributed by atoms with Crippen LogP contribution in [0.2, 0.25) is 0 Å². The molecule has 2 aromatic rings. The van der Waals surface area contributed by atoms with Crippen LogP contribution < -0.4 is 5.32 Å². The normalized spacial score (nSPS) is 13.5. The van der Waals surface area contributed by atoms with Crippen molar-refractivity contribution in [1.82, 2.24) is 9.78 Å². The number of hydrogen-bond donors (Lipinski definition) is 1. The minimum atomic E-state index is -5.93. The third kappa shape index (κ3) is 4.31. The van der Waals surface area contributed by atoms with Gasteiger partial charge in [-0.2, -0.15) is 27.1 Å². The van der Waals surface area contributed by atoms with Crippen molar-refractivity contribution in [1.29, 1.82) is 0 Å². The fourth-order valence-corrected chi connectivity index (χ4v) is 2.19. The number of ether oxygens (including phenoxy) is 1. The van der Waals surface area contributed by atoms with Gasteiger partial charge in [0.05, 0.1) is 5.69 Å². The molecule has 1 aromatic carbocycles. The van der Waals surface area contributed by atoms with E-state index in [9.17, 15) is 26.7 Å². The van der Waals surface area contributed by atoms with E-state index in [-0.39, 0.29) is 11.3 Å². The zero-order valence-corrected chi connectivity index (χ0v) is 14.0. The molecule has 5 nitrogen and oxygen atoms in total. The van der Waals surface area contributed by atoms with E-state index < -0.39 is 30.3 Å². The SMILES string of the molecule is Cc1cccc(C(OC(F)(F)C(F)(F)F)n2cccn2)c1NC(=O)CCl. The maximum absolute atomic E-state index is 13.5. The fourth-order valence-electron chi connectivity index (χ4n) is 2.13. The summed E-state index contributed by atoms with van der Waals surface area (Å²) < 4.78 is 69.7. The number of aromatic nitrogens is 2. The molecule has 26 heavy (non-hydrogen) atoms. The summed E-state index contributed by atoms with van der Waals surface area (Å²) in [6, 6.07) is 5.53. The molecule has 1 N–H and O–H groups in total. The Balaban J connectivity index is 2.54. The van der Waals surface area contributed by atoms with Crippen LogP contribution in [0.25, 0.3) is 0 Å². The Morgan fingerprint density at radius 1 is 1.31 bits per heavy atom. The smallest absolute Gasteiger partial charge is 0.324 e. The summed E-state index contributed by atoms with van der Waals surface area (Å²) in [6.45, 7) is 1.54. The molecule has 0 aliphatic heterocycles. The standard InChI is InChI=1S/C15H13ClF5N3O2/c1-9-4-2-5-10(12(9)23-11(25)8-16)13(24-7-3-6-22-24)26-15(20,21)14(17,18)19/h2-7,13H,8H2,1H3,(H,23,25). The first-order chi connectivity index (χ1) is 12.1. The van der Waals surface area contributed by atoms with Gasteiger partial charge in [0.2, 0.25) is 5.91 Å². The second kappa shape index (κ2) is 7.58. The molecule has 0 spiro atoms. The molecular formula is C15H13ClF5N3O2. The average molecular weight is 398 g/mol. The van der Waals surface area contributed by atoms with Crippen molar-refractivity contribution >= 4 is 23.2 Å². The van der Waals surface area contributed by atoms with Crippen molar-refractivity contribution in [2.75, 3.05) is 11.2 Å². The van der Waals surface area contributed by atoms with Crippen molar-refractivity contribution in [3.8, 4) is 0 Å². The molecule has 1 heterocycles. The molecule has 1 unspecified atom stereocenters. The predicted molar refractivity (Wildman–Crippen MR) is 83.0 cm³/mol. The zero-order chi connectivity index (χ0) is 19.5. The lowest BCUT2D eigenvalue weighted by Gasteiger charge is -2.28. The Labute approximate surface area is 149 Å². The van der Waals surface area contributed by atoms with Crippen LogP contribution in [-0.4, -0.2) is 33.9 Å². The molecule has 0 aliphatic carbocycles. The highest BCUT2D eigenvalue weighted by Gasteiger charge is 2.61. The van der Waals surface area contributed by atoms with Gasteiger partial charge in [0.1, 0.15) is 5.88 Å². The van der Waals surface area contributed by atoms with Crippen LogP contribution in [0.1, 0.15) is 17.4 Å². The monoisotopic (exact) mass is 397 g/mol.